The van der Waals surface area contributed by atoms with Crippen molar-refractivity contribution >= 4 is 52.0 Å². The van der Waals surface area contributed by atoms with E-state index in [9.17, 15) is 9.59 Å². The van der Waals surface area contributed by atoms with Crippen LogP contribution in [0.2, 0.25) is 10.0 Å². The number of hydrogen-bond acceptors (Lipinski definition) is 4. The largest absolute Gasteiger partial charge is 0.343 e. The van der Waals surface area contributed by atoms with E-state index in [0.717, 1.165) is 10.4 Å². The lowest BCUT2D eigenvalue weighted by molar-refractivity contribution is -0.123. The van der Waals surface area contributed by atoms with Crippen molar-refractivity contribution < 1.29 is 9.59 Å². The monoisotopic (exact) mass is 475 g/mol. The number of halogens is 2. The lowest BCUT2D eigenvalue weighted by atomic mass is 10.1. The Morgan fingerprint density at radius 1 is 0.935 bits per heavy atom. The third kappa shape index (κ3) is 6.55. The van der Waals surface area contributed by atoms with Gasteiger partial charge in [0.1, 0.15) is 0 Å². The summed E-state index contributed by atoms with van der Waals surface area (Å²) < 4.78 is 0. The first-order chi connectivity index (χ1) is 15.0. The molecule has 0 aliphatic heterocycles. The van der Waals surface area contributed by atoms with Gasteiger partial charge < -0.3 is 10.6 Å². The fourth-order valence-electron chi connectivity index (χ4n) is 3.11. The van der Waals surface area contributed by atoms with Crippen molar-refractivity contribution in [3.8, 4) is 0 Å². The maximum atomic E-state index is 12.8. The van der Waals surface area contributed by atoms with Crippen molar-refractivity contribution in [3.05, 3.63) is 86.5 Å². The molecule has 1 unspecified atom stereocenters. The van der Waals surface area contributed by atoms with E-state index in [1.807, 2.05) is 54.8 Å². The summed E-state index contributed by atoms with van der Waals surface area (Å²) in [6.45, 7) is 2.57. The Hall–Kier alpha value is -2.38. The second kappa shape index (κ2) is 11.3. The molecule has 2 amide bonds. The van der Waals surface area contributed by atoms with E-state index in [1.165, 1.54) is 0 Å². The fourth-order valence-corrected chi connectivity index (χ4v) is 4.40. The molecule has 1 aromatic heterocycles. The molecule has 0 saturated heterocycles. The van der Waals surface area contributed by atoms with Crippen LogP contribution in [0.3, 0.4) is 0 Å². The molecule has 162 valence electrons. The van der Waals surface area contributed by atoms with E-state index in [4.69, 9.17) is 23.2 Å². The maximum Gasteiger partial charge on any atom is 0.238 e. The molecule has 3 rings (SSSR count). The summed E-state index contributed by atoms with van der Waals surface area (Å²) in [6.07, 6.45) is 0. The Kier molecular flexibility index (Phi) is 8.49. The van der Waals surface area contributed by atoms with Crippen LogP contribution in [0.15, 0.2) is 66.0 Å². The van der Waals surface area contributed by atoms with Gasteiger partial charge in [0.15, 0.2) is 0 Å². The predicted molar refractivity (Wildman–Crippen MR) is 128 cm³/mol. The molecule has 0 spiro atoms. The van der Waals surface area contributed by atoms with Gasteiger partial charge in [-0.1, -0.05) is 72.6 Å². The molecule has 1 heterocycles. The van der Waals surface area contributed by atoms with E-state index >= 15 is 0 Å². The smallest absolute Gasteiger partial charge is 0.238 e. The number of likely N-dealkylation sites (N-methyl/N-ethyl adjacent to an activating group) is 1. The molecule has 0 aliphatic carbocycles. The number of nitrogens with one attached hydrogen (secondary N) is 2. The van der Waals surface area contributed by atoms with Crippen LogP contribution in [0.25, 0.3) is 0 Å². The van der Waals surface area contributed by atoms with Gasteiger partial charge in [0.2, 0.25) is 11.8 Å². The highest BCUT2D eigenvalue weighted by Gasteiger charge is 2.20. The summed E-state index contributed by atoms with van der Waals surface area (Å²) in [6, 6.07) is 18.6. The fraction of sp³-hybridized carbons (Fsp3) is 0.217. The first kappa shape index (κ1) is 23.3. The third-order valence-corrected chi connectivity index (χ3v) is 6.24. The van der Waals surface area contributed by atoms with Crippen molar-refractivity contribution in [2.45, 2.75) is 13.0 Å². The van der Waals surface area contributed by atoms with Crippen molar-refractivity contribution in [1.29, 1.82) is 0 Å². The van der Waals surface area contributed by atoms with Crippen LogP contribution in [0.4, 0.5) is 5.69 Å². The number of thiophene rings is 1. The quantitative estimate of drug-likeness (QED) is 0.445. The Morgan fingerprint density at radius 2 is 1.61 bits per heavy atom. The lowest BCUT2D eigenvalue weighted by Crippen LogP contribution is -2.42. The second-order valence-corrected chi connectivity index (χ2v) is 8.67. The summed E-state index contributed by atoms with van der Waals surface area (Å²) >= 11 is 13.8. The molecule has 2 aromatic carbocycles. The van der Waals surface area contributed by atoms with E-state index in [2.05, 4.69) is 10.6 Å². The highest BCUT2D eigenvalue weighted by atomic mass is 35.5. The Labute approximate surface area is 196 Å². The second-order valence-electron chi connectivity index (χ2n) is 6.87. The highest BCUT2D eigenvalue weighted by Crippen LogP contribution is 2.29. The maximum absolute atomic E-state index is 12.8. The van der Waals surface area contributed by atoms with Gasteiger partial charge in [0.25, 0.3) is 0 Å². The number of carbonyl (C=O) groups is 2. The van der Waals surface area contributed by atoms with Gasteiger partial charge in [-0.05, 0) is 35.7 Å². The molecular weight excluding hydrogens is 453 g/mol. The number of amides is 2. The van der Waals surface area contributed by atoms with Crippen LogP contribution >= 0.6 is 34.5 Å². The van der Waals surface area contributed by atoms with Gasteiger partial charge in [0, 0.05) is 4.88 Å². The first-order valence-electron chi connectivity index (χ1n) is 9.82. The highest BCUT2D eigenvalue weighted by molar-refractivity contribution is 7.10. The van der Waals surface area contributed by atoms with Crippen molar-refractivity contribution in [1.82, 2.24) is 10.2 Å². The number of benzene rings is 2. The predicted octanol–water partition coefficient (Wildman–Crippen LogP) is 5.22. The summed E-state index contributed by atoms with van der Waals surface area (Å²) in [7, 11) is 0. The Bertz CT molecular complexity index is 993. The standard InChI is InChI=1S/C23H23Cl2N3O2S/c1-2-28(15-21(30)27-23-17(24)10-6-11-18(23)25)14-20(29)26-22(19-12-7-13-31-19)16-8-4-3-5-9-16/h3-13,22H,2,14-15H2,1H3,(H,26,29)(H,27,30). The summed E-state index contributed by atoms with van der Waals surface area (Å²) in [5.74, 6) is -0.449. The number of anilines is 1. The number of nitrogens with zero attached hydrogens (tertiary/aromatic N) is 1. The molecule has 5 nitrogen and oxygen atoms in total. The average Bonchev–Trinajstić information content (AvgIpc) is 3.29. The Morgan fingerprint density at radius 3 is 2.23 bits per heavy atom. The zero-order valence-electron chi connectivity index (χ0n) is 17.0. The number of carbonyl (C=O) groups excluding carboxylic acids is 2. The molecule has 31 heavy (non-hydrogen) atoms. The van der Waals surface area contributed by atoms with Crippen molar-refractivity contribution in [3.63, 3.8) is 0 Å². The van der Waals surface area contributed by atoms with Crippen LogP contribution in [0.1, 0.15) is 23.4 Å². The van der Waals surface area contributed by atoms with Crippen LogP contribution in [0.5, 0.6) is 0 Å². The SMILES string of the molecule is CCN(CC(=O)Nc1c(Cl)cccc1Cl)CC(=O)NC(c1ccccc1)c1cccs1. The molecule has 1 atom stereocenters. The third-order valence-electron chi connectivity index (χ3n) is 4.67. The molecule has 2 N–H and O–H groups in total. The Balaban J connectivity index is 1.62. The van der Waals surface area contributed by atoms with E-state index in [0.29, 0.717) is 22.3 Å². The van der Waals surface area contributed by atoms with Crippen molar-refractivity contribution in [2.24, 2.45) is 0 Å². The molecule has 0 radical (unpaired) electrons. The number of rotatable bonds is 9. The molecule has 0 fully saturated rings. The molecule has 0 bridgehead atoms. The lowest BCUT2D eigenvalue weighted by Gasteiger charge is -2.23. The minimum atomic E-state index is -0.289. The van der Waals surface area contributed by atoms with Crippen LogP contribution in [-0.4, -0.2) is 36.3 Å². The average molecular weight is 476 g/mol. The first-order valence-corrected chi connectivity index (χ1v) is 11.5. The molecular formula is C23H23Cl2N3O2S. The van der Waals surface area contributed by atoms with Crippen LogP contribution < -0.4 is 10.6 Å². The zero-order valence-corrected chi connectivity index (χ0v) is 19.3. The summed E-state index contributed by atoms with van der Waals surface area (Å²) in [5.41, 5.74) is 1.38. The van der Waals surface area contributed by atoms with Crippen molar-refractivity contribution in [2.75, 3.05) is 25.0 Å². The summed E-state index contributed by atoms with van der Waals surface area (Å²) in [4.78, 5) is 28.1. The van der Waals surface area contributed by atoms with Gasteiger partial charge in [0.05, 0.1) is 34.9 Å². The molecule has 3 aromatic rings. The van der Waals surface area contributed by atoms with Gasteiger partial charge in [-0.15, -0.1) is 11.3 Å². The van der Waals surface area contributed by atoms with E-state index < -0.39 is 0 Å². The van der Waals surface area contributed by atoms with Gasteiger partial charge >= 0.3 is 0 Å². The minimum absolute atomic E-state index is 0.0421. The normalized spacial score (nSPS) is 11.9. The van der Waals surface area contributed by atoms with Gasteiger partial charge in [-0.2, -0.15) is 0 Å². The van der Waals surface area contributed by atoms with E-state index in [1.54, 1.807) is 34.4 Å². The molecule has 8 heteroatoms. The van der Waals surface area contributed by atoms with E-state index in [-0.39, 0.29) is 30.9 Å². The zero-order chi connectivity index (χ0) is 22.2. The molecule has 0 saturated carbocycles. The molecule has 0 aliphatic rings. The van der Waals surface area contributed by atoms with Crippen LogP contribution in [-0.2, 0) is 9.59 Å². The number of para-hydroxylation sites is 1. The van der Waals surface area contributed by atoms with Gasteiger partial charge in [-0.25, -0.2) is 0 Å². The number of hydrogen-bond donors (Lipinski definition) is 2. The minimum Gasteiger partial charge on any atom is -0.343 e. The van der Waals surface area contributed by atoms with Gasteiger partial charge in [-0.3, -0.25) is 14.5 Å². The topological polar surface area (TPSA) is 61.4 Å². The summed E-state index contributed by atoms with van der Waals surface area (Å²) in [5, 5.41) is 8.54. The van der Waals surface area contributed by atoms with Crippen LogP contribution in [0, 0.1) is 0 Å².